The maximum absolute atomic E-state index is 13.2. The maximum atomic E-state index is 13.2. The number of nitrogens with one attached hydrogen (secondary N) is 1. The third-order valence-electron chi connectivity index (χ3n) is 6.91. The van der Waals surface area contributed by atoms with E-state index in [0.29, 0.717) is 57.8 Å². The molecule has 2 aliphatic heterocycles. The van der Waals surface area contributed by atoms with Crippen LogP contribution in [0.15, 0.2) is 53.4 Å². The molecule has 0 aromatic heterocycles. The molecule has 2 amide bonds. The van der Waals surface area contributed by atoms with Gasteiger partial charge in [0.2, 0.25) is 10.0 Å². The molecule has 0 aliphatic carbocycles. The van der Waals surface area contributed by atoms with E-state index in [2.05, 4.69) is 16.6 Å². The molecule has 2 fully saturated rings. The zero-order chi connectivity index (χ0) is 27.8. The summed E-state index contributed by atoms with van der Waals surface area (Å²) in [5, 5.41) is 0. The minimum atomic E-state index is -4.02. The van der Waals surface area contributed by atoms with E-state index < -0.39 is 22.0 Å². The average Bonchev–Trinajstić information content (AvgIpc) is 2.99. The topological polar surface area (TPSA) is 114 Å². The third-order valence-corrected chi connectivity index (χ3v) is 8.36. The molecule has 0 saturated carbocycles. The highest BCUT2D eigenvalue weighted by molar-refractivity contribution is 7.89. The number of methoxy groups -OCH3 is 2. The quantitative estimate of drug-likeness (QED) is 0.429. The number of nitrogens with zero attached hydrogens (tertiary/aromatic N) is 2. The molecule has 11 heteroatoms. The van der Waals surface area contributed by atoms with Crippen LogP contribution in [0, 0.1) is 17.8 Å². The highest BCUT2D eigenvalue weighted by atomic mass is 32.2. The number of hydrogen-bond acceptors (Lipinski definition) is 7. The van der Waals surface area contributed by atoms with Crippen LogP contribution in [0.4, 0.5) is 4.79 Å². The number of piperidine rings is 1. The van der Waals surface area contributed by atoms with E-state index in [9.17, 15) is 18.0 Å². The van der Waals surface area contributed by atoms with Crippen molar-refractivity contribution in [1.29, 1.82) is 0 Å². The summed E-state index contributed by atoms with van der Waals surface area (Å²) in [5.74, 6) is 5.81. The number of likely N-dealkylation sites (tertiary alicyclic amines) is 1. The van der Waals surface area contributed by atoms with Gasteiger partial charge in [-0.15, -0.1) is 0 Å². The lowest BCUT2D eigenvalue weighted by Gasteiger charge is -2.38. The van der Waals surface area contributed by atoms with Crippen LogP contribution in [0.3, 0.4) is 0 Å². The number of rotatable bonds is 6. The first kappa shape index (κ1) is 28.4. The second-order valence-corrected chi connectivity index (χ2v) is 11.0. The molecule has 2 aliphatic rings. The molecule has 1 atom stereocenters. The summed E-state index contributed by atoms with van der Waals surface area (Å²) < 4.78 is 44.3. The first-order chi connectivity index (χ1) is 18.8. The van der Waals surface area contributed by atoms with Crippen molar-refractivity contribution in [2.24, 2.45) is 5.92 Å². The van der Waals surface area contributed by atoms with Gasteiger partial charge in [-0.2, -0.15) is 4.72 Å². The monoisotopic (exact) mass is 555 g/mol. The third kappa shape index (κ3) is 7.29. The van der Waals surface area contributed by atoms with E-state index in [1.165, 1.54) is 19.2 Å². The Kier molecular flexibility index (Phi) is 9.45. The minimum absolute atomic E-state index is 0.0198. The standard InChI is InChI=1S/C28H33N3O7S/c1-36-24-9-5-21(6-10-24)3-4-22-7-11-25(12-8-22)39(34,35)29-26(27(32)37-2)23-13-15-30(16-14-23)28(33)31-17-19-38-20-18-31/h5-12,23,26,29H,13-20H2,1-2H3. The number of amides is 2. The van der Waals surface area contributed by atoms with Crippen LogP contribution in [-0.4, -0.2) is 89.9 Å². The van der Waals surface area contributed by atoms with Crippen LogP contribution in [-0.2, 0) is 24.3 Å². The molecule has 0 bridgehead atoms. The molecule has 2 saturated heterocycles. The van der Waals surface area contributed by atoms with Gasteiger partial charge in [0.1, 0.15) is 11.8 Å². The number of esters is 1. The van der Waals surface area contributed by atoms with E-state index in [-0.39, 0.29) is 16.8 Å². The predicted molar refractivity (Wildman–Crippen MR) is 144 cm³/mol. The number of sulfonamides is 1. The summed E-state index contributed by atoms with van der Waals surface area (Å²) >= 11 is 0. The van der Waals surface area contributed by atoms with Gasteiger partial charge in [0.05, 0.1) is 32.3 Å². The van der Waals surface area contributed by atoms with Crippen molar-refractivity contribution < 1.29 is 32.2 Å². The van der Waals surface area contributed by atoms with Crippen molar-refractivity contribution in [2.75, 3.05) is 53.6 Å². The molecule has 208 valence electrons. The Morgan fingerprint density at radius 3 is 1.97 bits per heavy atom. The van der Waals surface area contributed by atoms with Crippen molar-refractivity contribution in [2.45, 2.75) is 23.8 Å². The van der Waals surface area contributed by atoms with Gasteiger partial charge in [-0.3, -0.25) is 4.79 Å². The predicted octanol–water partition coefficient (Wildman–Crippen LogP) is 2.08. The molecule has 2 heterocycles. The molecular formula is C28H33N3O7S. The van der Waals surface area contributed by atoms with Crippen LogP contribution in [0.25, 0.3) is 0 Å². The largest absolute Gasteiger partial charge is 0.497 e. The van der Waals surface area contributed by atoms with Gasteiger partial charge < -0.3 is 24.0 Å². The maximum Gasteiger partial charge on any atom is 0.324 e. The van der Waals surface area contributed by atoms with Gasteiger partial charge in [-0.1, -0.05) is 11.8 Å². The average molecular weight is 556 g/mol. The second kappa shape index (κ2) is 13.0. The lowest BCUT2D eigenvalue weighted by molar-refractivity contribution is -0.144. The number of ether oxygens (including phenoxy) is 3. The van der Waals surface area contributed by atoms with Crippen LogP contribution >= 0.6 is 0 Å². The molecule has 4 rings (SSSR count). The molecule has 10 nitrogen and oxygen atoms in total. The number of urea groups is 1. The zero-order valence-electron chi connectivity index (χ0n) is 22.1. The summed E-state index contributed by atoms with van der Waals surface area (Å²) in [5.41, 5.74) is 1.44. The van der Waals surface area contributed by atoms with E-state index in [1.54, 1.807) is 29.0 Å². The Labute approximate surface area is 229 Å². The Bertz CT molecular complexity index is 1300. The summed E-state index contributed by atoms with van der Waals surface area (Å²) in [6, 6.07) is 12.3. The van der Waals surface area contributed by atoms with Gasteiger partial charge >= 0.3 is 12.0 Å². The first-order valence-corrected chi connectivity index (χ1v) is 14.3. The van der Waals surface area contributed by atoms with Crippen molar-refractivity contribution in [3.63, 3.8) is 0 Å². The van der Waals surface area contributed by atoms with Crippen molar-refractivity contribution in [1.82, 2.24) is 14.5 Å². The molecule has 0 radical (unpaired) electrons. The van der Waals surface area contributed by atoms with Crippen LogP contribution < -0.4 is 9.46 Å². The van der Waals surface area contributed by atoms with Gasteiger partial charge in [0.25, 0.3) is 0 Å². The number of benzene rings is 2. The Morgan fingerprint density at radius 1 is 0.897 bits per heavy atom. The molecule has 1 unspecified atom stereocenters. The molecule has 1 N–H and O–H groups in total. The molecular weight excluding hydrogens is 522 g/mol. The van der Waals surface area contributed by atoms with E-state index in [4.69, 9.17) is 14.2 Å². The first-order valence-electron chi connectivity index (χ1n) is 12.8. The number of carbonyl (C=O) groups excluding carboxylic acids is 2. The number of carbonyl (C=O) groups is 2. The van der Waals surface area contributed by atoms with Crippen molar-refractivity contribution >= 4 is 22.0 Å². The summed E-state index contributed by atoms with van der Waals surface area (Å²) in [4.78, 5) is 28.9. The lowest BCUT2D eigenvalue weighted by Crippen LogP contribution is -2.53. The van der Waals surface area contributed by atoms with Crippen molar-refractivity contribution in [3.8, 4) is 17.6 Å². The normalized spacial score (nSPS) is 17.1. The second-order valence-electron chi connectivity index (χ2n) is 9.33. The summed E-state index contributed by atoms with van der Waals surface area (Å²) in [7, 11) is -1.19. The van der Waals surface area contributed by atoms with E-state index in [1.807, 2.05) is 24.3 Å². The smallest absolute Gasteiger partial charge is 0.324 e. The number of hydrogen-bond donors (Lipinski definition) is 1. The highest BCUT2D eigenvalue weighted by Crippen LogP contribution is 2.24. The fraction of sp³-hybridized carbons (Fsp3) is 0.429. The summed E-state index contributed by atoms with van der Waals surface area (Å²) in [6.45, 7) is 2.99. The van der Waals surface area contributed by atoms with Crippen LogP contribution in [0.5, 0.6) is 5.75 Å². The van der Waals surface area contributed by atoms with Gasteiger partial charge in [-0.25, -0.2) is 13.2 Å². The molecule has 2 aromatic carbocycles. The van der Waals surface area contributed by atoms with Gasteiger partial charge in [-0.05, 0) is 67.3 Å². The number of morpholine rings is 1. The Balaban J connectivity index is 1.40. The molecule has 0 spiro atoms. The van der Waals surface area contributed by atoms with Crippen LogP contribution in [0.2, 0.25) is 0 Å². The van der Waals surface area contributed by atoms with Gasteiger partial charge in [0.15, 0.2) is 0 Å². The fourth-order valence-electron chi connectivity index (χ4n) is 4.61. The minimum Gasteiger partial charge on any atom is -0.497 e. The molecule has 2 aromatic rings. The fourth-order valence-corrected chi connectivity index (χ4v) is 5.87. The lowest BCUT2D eigenvalue weighted by atomic mass is 9.90. The highest BCUT2D eigenvalue weighted by Gasteiger charge is 2.37. The van der Waals surface area contributed by atoms with Gasteiger partial charge in [0, 0.05) is 37.3 Å². The van der Waals surface area contributed by atoms with E-state index in [0.717, 1.165) is 11.3 Å². The van der Waals surface area contributed by atoms with Crippen LogP contribution in [0.1, 0.15) is 24.0 Å². The zero-order valence-corrected chi connectivity index (χ0v) is 22.9. The Morgan fingerprint density at radius 2 is 1.44 bits per heavy atom. The van der Waals surface area contributed by atoms with E-state index >= 15 is 0 Å². The van der Waals surface area contributed by atoms with Crippen molar-refractivity contribution in [3.05, 3.63) is 59.7 Å². The Hall–Kier alpha value is -3.59. The molecule has 39 heavy (non-hydrogen) atoms. The SMILES string of the molecule is COC(=O)C(NS(=O)(=O)c1ccc(C#Cc2ccc(OC)cc2)cc1)C1CCN(C(=O)N2CCOCC2)CC1. The summed E-state index contributed by atoms with van der Waals surface area (Å²) in [6.07, 6.45) is 0.941.